The van der Waals surface area contributed by atoms with Crippen molar-refractivity contribution in [1.29, 1.82) is 0 Å². The van der Waals surface area contributed by atoms with E-state index in [0.29, 0.717) is 5.41 Å². The fourth-order valence-corrected chi connectivity index (χ4v) is 2.54. The van der Waals surface area contributed by atoms with Gasteiger partial charge in [-0.15, -0.1) is 0 Å². The zero-order valence-electron chi connectivity index (χ0n) is 12.7. The molecule has 0 aliphatic carbocycles. The monoisotopic (exact) mass is 254 g/mol. The molecule has 0 amide bonds. The Labute approximate surface area is 116 Å². The van der Waals surface area contributed by atoms with E-state index >= 15 is 0 Å². The first-order valence-corrected chi connectivity index (χ1v) is 6.91. The maximum atomic E-state index is 2.33. The van der Waals surface area contributed by atoms with Crippen LogP contribution in [0.15, 0.2) is 42.6 Å². The molecule has 0 radical (unpaired) electrons. The second-order valence-corrected chi connectivity index (χ2v) is 6.58. The first-order valence-electron chi connectivity index (χ1n) is 6.91. The molecule has 0 unspecified atom stereocenters. The van der Waals surface area contributed by atoms with Gasteiger partial charge in [-0.05, 0) is 42.0 Å². The van der Waals surface area contributed by atoms with E-state index in [1.165, 1.54) is 22.4 Å². The summed E-state index contributed by atoms with van der Waals surface area (Å²) in [6, 6.07) is 13.2. The Morgan fingerprint density at radius 1 is 1.05 bits per heavy atom. The minimum Gasteiger partial charge on any atom is -0.201 e. The maximum Gasteiger partial charge on any atom is 0.212 e. The predicted octanol–water partition coefficient (Wildman–Crippen LogP) is 4.08. The van der Waals surface area contributed by atoms with Crippen LogP contribution in [0.25, 0.3) is 11.3 Å². The average Bonchev–Trinajstić information content (AvgIpc) is 2.28. The largest absolute Gasteiger partial charge is 0.212 e. The molecule has 0 fully saturated rings. The number of hydrogen-bond donors (Lipinski definition) is 0. The van der Waals surface area contributed by atoms with Crippen molar-refractivity contribution >= 4 is 0 Å². The third kappa shape index (κ3) is 3.44. The molecule has 0 spiro atoms. The van der Waals surface area contributed by atoms with Crippen LogP contribution in [0.4, 0.5) is 0 Å². The van der Waals surface area contributed by atoms with Crippen LogP contribution in [0, 0.1) is 12.3 Å². The van der Waals surface area contributed by atoms with E-state index in [1.54, 1.807) is 0 Å². The van der Waals surface area contributed by atoms with Crippen LogP contribution >= 0.6 is 0 Å². The summed E-state index contributed by atoms with van der Waals surface area (Å²) in [5.41, 5.74) is 5.70. The van der Waals surface area contributed by atoms with Gasteiger partial charge >= 0.3 is 0 Å². The average molecular weight is 254 g/mol. The van der Waals surface area contributed by atoms with E-state index in [1.807, 2.05) is 0 Å². The van der Waals surface area contributed by atoms with E-state index in [2.05, 4.69) is 81.9 Å². The predicted molar refractivity (Wildman–Crippen MR) is 81.0 cm³/mol. The Kier molecular flexibility index (Phi) is 3.75. The van der Waals surface area contributed by atoms with Gasteiger partial charge in [0.15, 0.2) is 6.20 Å². The SMILES string of the molecule is Cc1cc(CC(C)(C)C)ccc1-c1cccc[n+]1C. The summed E-state index contributed by atoms with van der Waals surface area (Å²) in [4.78, 5) is 0. The molecule has 1 nitrogen and oxygen atoms in total. The van der Waals surface area contributed by atoms with Gasteiger partial charge in [-0.25, -0.2) is 4.57 Å². The lowest BCUT2D eigenvalue weighted by Crippen LogP contribution is -2.30. The highest BCUT2D eigenvalue weighted by atomic mass is 14.9. The van der Waals surface area contributed by atoms with Crippen molar-refractivity contribution < 1.29 is 4.57 Å². The third-order valence-electron chi connectivity index (χ3n) is 3.36. The quantitative estimate of drug-likeness (QED) is 0.711. The van der Waals surface area contributed by atoms with Gasteiger partial charge < -0.3 is 0 Å². The van der Waals surface area contributed by atoms with Crippen LogP contribution in [-0.2, 0) is 13.5 Å². The number of rotatable bonds is 2. The summed E-state index contributed by atoms with van der Waals surface area (Å²) in [6.07, 6.45) is 3.22. The second kappa shape index (κ2) is 5.16. The molecule has 0 saturated heterocycles. The first-order chi connectivity index (χ1) is 8.87. The van der Waals surface area contributed by atoms with Crippen molar-refractivity contribution in [3.63, 3.8) is 0 Å². The van der Waals surface area contributed by atoms with Crippen LogP contribution < -0.4 is 4.57 Å². The Bertz CT molecular complexity index is 576. The van der Waals surface area contributed by atoms with E-state index in [4.69, 9.17) is 0 Å². The topological polar surface area (TPSA) is 3.88 Å². The normalized spacial score (nSPS) is 11.6. The molecule has 0 atom stereocenters. The highest BCUT2D eigenvalue weighted by Gasteiger charge is 2.14. The molecule has 19 heavy (non-hydrogen) atoms. The standard InChI is InChI=1S/C18H24N/c1-14-12-15(13-18(2,3)4)9-10-16(14)17-8-6-7-11-19(17)5/h6-12H,13H2,1-5H3/q+1. The third-order valence-corrected chi connectivity index (χ3v) is 3.36. The molecule has 1 heterocycles. The van der Waals surface area contributed by atoms with E-state index in [0.717, 1.165) is 6.42 Å². The fraction of sp³-hybridized carbons (Fsp3) is 0.389. The zero-order chi connectivity index (χ0) is 14.0. The fourth-order valence-electron chi connectivity index (χ4n) is 2.54. The Morgan fingerprint density at radius 3 is 2.37 bits per heavy atom. The summed E-state index contributed by atoms with van der Waals surface area (Å²) >= 11 is 0. The van der Waals surface area contributed by atoms with Crippen molar-refractivity contribution in [3.8, 4) is 11.3 Å². The van der Waals surface area contributed by atoms with Gasteiger partial charge in [0.25, 0.3) is 0 Å². The highest BCUT2D eigenvalue weighted by molar-refractivity contribution is 5.61. The molecule has 0 aliphatic heterocycles. The summed E-state index contributed by atoms with van der Waals surface area (Å²) in [5, 5.41) is 0. The second-order valence-electron chi connectivity index (χ2n) is 6.58. The van der Waals surface area contributed by atoms with Crippen molar-refractivity contribution in [3.05, 3.63) is 53.7 Å². The van der Waals surface area contributed by atoms with Gasteiger partial charge in [0.2, 0.25) is 5.69 Å². The molecule has 0 aliphatic rings. The highest BCUT2D eigenvalue weighted by Crippen LogP contribution is 2.25. The van der Waals surface area contributed by atoms with Crippen LogP contribution in [0.1, 0.15) is 31.9 Å². The van der Waals surface area contributed by atoms with E-state index in [-0.39, 0.29) is 0 Å². The molecular formula is C18H24N+. The summed E-state index contributed by atoms with van der Waals surface area (Å²) < 4.78 is 2.17. The van der Waals surface area contributed by atoms with Gasteiger partial charge in [-0.2, -0.15) is 0 Å². The minimum atomic E-state index is 0.339. The lowest BCUT2D eigenvalue weighted by molar-refractivity contribution is -0.660. The Hall–Kier alpha value is -1.63. The van der Waals surface area contributed by atoms with Gasteiger partial charge in [-0.1, -0.05) is 32.9 Å². The van der Waals surface area contributed by atoms with Crippen LogP contribution in [0.3, 0.4) is 0 Å². The van der Waals surface area contributed by atoms with Gasteiger partial charge in [0.05, 0.1) is 0 Å². The van der Waals surface area contributed by atoms with E-state index in [9.17, 15) is 0 Å². The lowest BCUT2D eigenvalue weighted by Gasteiger charge is -2.18. The van der Waals surface area contributed by atoms with Crippen molar-refractivity contribution in [1.82, 2.24) is 0 Å². The van der Waals surface area contributed by atoms with E-state index < -0.39 is 0 Å². The summed E-state index contributed by atoms with van der Waals surface area (Å²) in [5.74, 6) is 0. The van der Waals surface area contributed by atoms with Crippen molar-refractivity contribution in [2.45, 2.75) is 34.1 Å². The summed E-state index contributed by atoms with van der Waals surface area (Å²) in [6.45, 7) is 9.06. The summed E-state index contributed by atoms with van der Waals surface area (Å²) in [7, 11) is 2.10. The molecule has 2 rings (SSSR count). The number of nitrogens with zero attached hydrogens (tertiary/aromatic N) is 1. The molecule has 0 bridgehead atoms. The molecule has 1 aromatic heterocycles. The Balaban J connectivity index is 2.38. The molecule has 2 aromatic rings. The molecule has 1 aromatic carbocycles. The van der Waals surface area contributed by atoms with Crippen LogP contribution in [0.5, 0.6) is 0 Å². The number of pyridine rings is 1. The smallest absolute Gasteiger partial charge is 0.201 e. The van der Waals surface area contributed by atoms with Gasteiger partial charge in [-0.3, -0.25) is 0 Å². The number of hydrogen-bond acceptors (Lipinski definition) is 0. The van der Waals surface area contributed by atoms with Crippen LogP contribution in [-0.4, -0.2) is 0 Å². The molecule has 1 heteroatoms. The zero-order valence-corrected chi connectivity index (χ0v) is 12.7. The lowest BCUT2D eigenvalue weighted by atomic mass is 9.87. The number of aryl methyl sites for hydroxylation is 2. The number of benzene rings is 1. The maximum absolute atomic E-state index is 2.33. The first kappa shape index (κ1) is 13.8. The van der Waals surface area contributed by atoms with Gasteiger partial charge in [0.1, 0.15) is 7.05 Å². The van der Waals surface area contributed by atoms with Crippen LogP contribution in [0.2, 0.25) is 0 Å². The molecule has 0 N–H and O–H groups in total. The molecular weight excluding hydrogens is 230 g/mol. The molecule has 100 valence electrons. The molecule has 0 saturated carbocycles. The van der Waals surface area contributed by atoms with Crippen molar-refractivity contribution in [2.24, 2.45) is 12.5 Å². The number of aromatic nitrogens is 1. The van der Waals surface area contributed by atoms with Gasteiger partial charge in [0, 0.05) is 17.7 Å². The van der Waals surface area contributed by atoms with Crippen molar-refractivity contribution in [2.75, 3.05) is 0 Å². The Morgan fingerprint density at radius 2 is 1.79 bits per heavy atom. The minimum absolute atomic E-state index is 0.339.